The maximum Gasteiger partial charge on any atom is 0.287 e. The number of benzene rings is 1. The van der Waals surface area contributed by atoms with E-state index in [0.29, 0.717) is 53.8 Å². The number of nitrogens with zero attached hydrogens (tertiary/aromatic N) is 5. The number of nitro groups is 1. The monoisotopic (exact) mass is 533 g/mol. The molecule has 0 spiro atoms. The molecule has 0 unspecified atom stereocenters. The Bertz CT molecular complexity index is 1220. The van der Waals surface area contributed by atoms with E-state index < -0.39 is 4.92 Å². The van der Waals surface area contributed by atoms with Crippen LogP contribution in [0.3, 0.4) is 0 Å². The summed E-state index contributed by atoms with van der Waals surface area (Å²) in [5.41, 5.74) is 7.07. The largest absolute Gasteiger partial charge is 0.368 e. The van der Waals surface area contributed by atoms with Gasteiger partial charge in [-0.05, 0) is 37.6 Å². The number of nitriles is 1. The van der Waals surface area contributed by atoms with Crippen LogP contribution >= 0.6 is 0 Å². The molecule has 12 heteroatoms. The molecule has 2 aromatic heterocycles. The molecule has 0 aliphatic carbocycles. The number of unbranched alkanes of at least 4 members (excludes halogenated alkanes) is 2. The zero-order valence-electron chi connectivity index (χ0n) is 22.3. The van der Waals surface area contributed by atoms with Crippen LogP contribution in [0.1, 0.15) is 55.5 Å². The standard InChI is InChI=1S/C23H24N8O3.C4H11N/c1-2-3-10-26-22(32)19-15-29-23(30-21(19)17-6-4-16(13-24)5-7-17)27-12-11-25-20-9-8-18(14-28-20)31(33)34;1-2-3-4-5/h4-9,14-15H,2-3,10-12H2,1H3,(H,25,28)(H,26,32)(H,27,29,30);2-5H2,1H3. The molecule has 1 aromatic carbocycles. The molecule has 0 aliphatic rings. The number of hydrogen-bond acceptors (Lipinski definition) is 10. The molecule has 1 amide bonds. The van der Waals surface area contributed by atoms with Crippen LogP contribution < -0.4 is 21.7 Å². The summed E-state index contributed by atoms with van der Waals surface area (Å²) in [5, 5.41) is 28.8. The fourth-order valence-electron chi connectivity index (χ4n) is 3.20. The number of aromatic nitrogens is 3. The average molecular weight is 534 g/mol. The van der Waals surface area contributed by atoms with Gasteiger partial charge >= 0.3 is 0 Å². The first-order chi connectivity index (χ1) is 18.9. The van der Waals surface area contributed by atoms with Gasteiger partial charge in [0.25, 0.3) is 11.6 Å². The van der Waals surface area contributed by atoms with Crippen LogP contribution in [0.5, 0.6) is 0 Å². The number of amides is 1. The van der Waals surface area contributed by atoms with Gasteiger partial charge in [0.1, 0.15) is 12.0 Å². The van der Waals surface area contributed by atoms with Gasteiger partial charge in [-0.25, -0.2) is 15.0 Å². The SMILES string of the molecule is CCCCN.CCCCNC(=O)c1cnc(NCCNc2ccc([N+](=O)[O-])cn2)nc1-c1ccc(C#N)cc1. The first-order valence-electron chi connectivity index (χ1n) is 12.9. The molecule has 0 bridgehead atoms. The Balaban J connectivity index is 0.000000976. The number of nitrogens with two attached hydrogens (primary N) is 1. The van der Waals surface area contributed by atoms with E-state index in [4.69, 9.17) is 11.0 Å². The third-order valence-electron chi connectivity index (χ3n) is 5.37. The van der Waals surface area contributed by atoms with Crippen LogP contribution in [0, 0.1) is 21.4 Å². The van der Waals surface area contributed by atoms with Crippen molar-refractivity contribution in [1.29, 1.82) is 5.26 Å². The normalized spacial score (nSPS) is 10.0. The summed E-state index contributed by atoms with van der Waals surface area (Å²) in [4.78, 5) is 35.7. The number of carbonyl (C=O) groups is 1. The van der Waals surface area contributed by atoms with Crippen LogP contribution in [-0.2, 0) is 0 Å². The third-order valence-corrected chi connectivity index (χ3v) is 5.37. The second-order valence-corrected chi connectivity index (χ2v) is 8.41. The quantitative estimate of drug-likeness (QED) is 0.141. The molecule has 3 aromatic rings. The van der Waals surface area contributed by atoms with Gasteiger partial charge in [-0.15, -0.1) is 0 Å². The summed E-state index contributed by atoms with van der Waals surface area (Å²) in [6.45, 7) is 6.48. The number of pyridine rings is 1. The molecule has 2 heterocycles. The van der Waals surface area contributed by atoms with Gasteiger partial charge < -0.3 is 21.7 Å². The Morgan fingerprint density at radius 1 is 1.00 bits per heavy atom. The van der Waals surface area contributed by atoms with Crippen molar-refractivity contribution >= 4 is 23.4 Å². The van der Waals surface area contributed by atoms with Gasteiger partial charge in [0.05, 0.1) is 27.8 Å². The summed E-state index contributed by atoms with van der Waals surface area (Å²) in [5.74, 6) is 0.582. The van der Waals surface area contributed by atoms with Crippen LogP contribution in [0.25, 0.3) is 11.3 Å². The Kier molecular flexibility index (Phi) is 13.3. The minimum Gasteiger partial charge on any atom is -0.368 e. The first-order valence-corrected chi connectivity index (χ1v) is 12.9. The average Bonchev–Trinajstić information content (AvgIpc) is 2.96. The molecule has 0 fully saturated rings. The highest BCUT2D eigenvalue weighted by molar-refractivity contribution is 5.99. The van der Waals surface area contributed by atoms with E-state index in [-0.39, 0.29) is 11.6 Å². The van der Waals surface area contributed by atoms with Gasteiger partial charge in [0, 0.05) is 37.5 Å². The minimum absolute atomic E-state index is 0.0776. The summed E-state index contributed by atoms with van der Waals surface area (Å²) in [6.07, 6.45) is 6.89. The minimum atomic E-state index is -0.505. The van der Waals surface area contributed by atoms with Gasteiger partial charge in [-0.2, -0.15) is 5.26 Å². The number of hydrogen-bond donors (Lipinski definition) is 4. The van der Waals surface area contributed by atoms with Crippen molar-refractivity contribution < 1.29 is 9.72 Å². The molecule has 0 saturated carbocycles. The van der Waals surface area contributed by atoms with Crippen molar-refractivity contribution in [1.82, 2.24) is 20.3 Å². The third kappa shape index (κ3) is 10.3. The van der Waals surface area contributed by atoms with Gasteiger partial charge in [0.15, 0.2) is 0 Å². The van der Waals surface area contributed by atoms with Crippen LogP contribution in [0.2, 0.25) is 0 Å². The highest BCUT2D eigenvalue weighted by atomic mass is 16.6. The molecule has 0 radical (unpaired) electrons. The van der Waals surface area contributed by atoms with E-state index in [9.17, 15) is 14.9 Å². The summed E-state index contributed by atoms with van der Waals surface area (Å²) >= 11 is 0. The van der Waals surface area contributed by atoms with Crippen molar-refractivity contribution in [2.24, 2.45) is 5.73 Å². The number of anilines is 2. The van der Waals surface area contributed by atoms with Crippen molar-refractivity contribution in [2.45, 2.75) is 39.5 Å². The Morgan fingerprint density at radius 2 is 1.72 bits per heavy atom. The maximum absolute atomic E-state index is 12.7. The van der Waals surface area contributed by atoms with E-state index >= 15 is 0 Å². The molecule has 0 atom stereocenters. The maximum atomic E-state index is 12.7. The van der Waals surface area contributed by atoms with Gasteiger partial charge in [-0.1, -0.05) is 38.8 Å². The molecule has 0 aliphatic heterocycles. The van der Waals surface area contributed by atoms with E-state index in [1.165, 1.54) is 37.4 Å². The van der Waals surface area contributed by atoms with Crippen LogP contribution in [-0.4, -0.2) is 52.0 Å². The highest BCUT2D eigenvalue weighted by Crippen LogP contribution is 2.23. The fourth-order valence-corrected chi connectivity index (χ4v) is 3.20. The lowest BCUT2D eigenvalue weighted by Gasteiger charge is -2.12. The van der Waals surface area contributed by atoms with Crippen molar-refractivity contribution in [2.75, 3.05) is 36.8 Å². The zero-order valence-corrected chi connectivity index (χ0v) is 22.3. The predicted molar refractivity (Wildman–Crippen MR) is 151 cm³/mol. The molecular weight excluding hydrogens is 498 g/mol. The van der Waals surface area contributed by atoms with Crippen LogP contribution in [0.15, 0.2) is 48.8 Å². The Labute approximate surface area is 228 Å². The molecule has 206 valence electrons. The number of carbonyl (C=O) groups excluding carboxylic acids is 1. The van der Waals surface area contributed by atoms with Crippen molar-refractivity contribution in [3.63, 3.8) is 0 Å². The molecule has 5 N–H and O–H groups in total. The lowest BCUT2D eigenvalue weighted by Crippen LogP contribution is -2.26. The number of nitrogens with one attached hydrogen (secondary N) is 3. The highest BCUT2D eigenvalue weighted by Gasteiger charge is 2.16. The van der Waals surface area contributed by atoms with E-state index in [1.807, 2.05) is 6.92 Å². The van der Waals surface area contributed by atoms with Crippen molar-refractivity contribution in [3.8, 4) is 17.3 Å². The first kappa shape index (κ1) is 30.6. The molecule has 0 saturated heterocycles. The second kappa shape index (κ2) is 17.0. The Morgan fingerprint density at radius 3 is 2.28 bits per heavy atom. The zero-order chi connectivity index (χ0) is 28.5. The molecule has 12 nitrogen and oxygen atoms in total. The van der Waals surface area contributed by atoms with Gasteiger partial charge in [0.2, 0.25) is 5.95 Å². The number of rotatable bonds is 13. The second-order valence-electron chi connectivity index (χ2n) is 8.41. The van der Waals surface area contributed by atoms with E-state index in [2.05, 4.69) is 43.9 Å². The van der Waals surface area contributed by atoms with E-state index in [1.54, 1.807) is 24.3 Å². The summed E-state index contributed by atoms with van der Waals surface area (Å²) in [6, 6.07) is 11.8. The molecular formula is C27H35N9O3. The van der Waals surface area contributed by atoms with Crippen molar-refractivity contribution in [3.05, 3.63) is 70.0 Å². The molecule has 3 rings (SSSR count). The Hall–Kier alpha value is -4.63. The van der Waals surface area contributed by atoms with E-state index in [0.717, 1.165) is 19.4 Å². The van der Waals surface area contributed by atoms with Gasteiger partial charge in [-0.3, -0.25) is 14.9 Å². The summed E-state index contributed by atoms with van der Waals surface area (Å²) < 4.78 is 0. The fraction of sp³-hybridized carbons (Fsp3) is 0.370. The van der Waals surface area contributed by atoms with Crippen LogP contribution in [0.4, 0.5) is 17.5 Å². The lowest BCUT2D eigenvalue weighted by atomic mass is 10.0. The molecule has 39 heavy (non-hydrogen) atoms. The smallest absolute Gasteiger partial charge is 0.287 e. The lowest BCUT2D eigenvalue weighted by molar-refractivity contribution is -0.385. The summed E-state index contributed by atoms with van der Waals surface area (Å²) in [7, 11) is 0. The topological polar surface area (TPSA) is 185 Å². The predicted octanol–water partition coefficient (Wildman–Crippen LogP) is 4.12.